The summed E-state index contributed by atoms with van der Waals surface area (Å²) in [5, 5.41) is 2.99. The molecular formula is C14H18N2OS. The molecule has 1 aromatic carbocycles. The van der Waals surface area contributed by atoms with Crippen LogP contribution in [0.3, 0.4) is 0 Å². The molecule has 2 N–H and O–H groups in total. The molecule has 2 aromatic rings. The molecule has 96 valence electrons. The molecule has 2 rings (SSSR count). The van der Waals surface area contributed by atoms with E-state index in [1.807, 2.05) is 12.3 Å². The second-order valence-corrected chi connectivity index (χ2v) is 5.14. The van der Waals surface area contributed by atoms with E-state index < -0.39 is 0 Å². The second-order valence-electron chi connectivity index (χ2n) is 4.20. The molecule has 4 heteroatoms. The predicted octanol–water partition coefficient (Wildman–Crippen LogP) is 3.28. The number of nitrogens with zero attached hydrogens (tertiary/aromatic N) is 1. The average molecular weight is 262 g/mol. The van der Waals surface area contributed by atoms with E-state index in [1.54, 1.807) is 11.3 Å². The molecule has 0 radical (unpaired) electrons. The lowest BCUT2D eigenvalue weighted by atomic mass is 10.0. The largest absolute Gasteiger partial charge is 0.493 e. The first-order valence-corrected chi connectivity index (χ1v) is 6.92. The number of hydrogen-bond donors (Lipinski definition) is 1. The topological polar surface area (TPSA) is 48.1 Å². The van der Waals surface area contributed by atoms with Gasteiger partial charge in [0.05, 0.1) is 12.3 Å². The van der Waals surface area contributed by atoms with Crippen molar-refractivity contribution in [2.45, 2.75) is 27.3 Å². The van der Waals surface area contributed by atoms with Crippen LogP contribution in [0, 0.1) is 13.8 Å². The summed E-state index contributed by atoms with van der Waals surface area (Å²) in [4.78, 5) is 4.53. The molecule has 1 aromatic heterocycles. The van der Waals surface area contributed by atoms with Gasteiger partial charge in [0.1, 0.15) is 10.8 Å². The Labute approximate surface area is 112 Å². The maximum Gasteiger partial charge on any atom is 0.128 e. The van der Waals surface area contributed by atoms with Crippen molar-refractivity contribution in [3.8, 4) is 17.0 Å². The monoisotopic (exact) mass is 262 g/mol. The highest BCUT2D eigenvalue weighted by atomic mass is 32.1. The van der Waals surface area contributed by atoms with Crippen molar-refractivity contribution < 1.29 is 4.74 Å². The van der Waals surface area contributed by atoms with E-state index in [0.29, 0.717) is 13.2 Å². The van der Waals surface area contributed by atoms with Crippen LogP contribution in [0.2, 0.25) is 0 Å². The van der Waals surface area contributed by atoms with Crippen LogP contribution in [-0.4, -0.2) is 11.6 Å². The maximum absolute atomic E-state index is 5.70. The number of aryl methyl sites for hydroxylation is 2. The Bertz CT molecular complexity index is 549. The molecule has 0 fully saturated rings. The predicted molar refractivity (Wildman–Crippen MR) is 76.1 cm³/mol. The Morgan fingerprint density at radius 1 is 1.28 bits per heavy atom. The minimum absolute atomic E-state index is 0.486. The first kappa shape index (κ1) is 13.1. The third kappa shape index (κ3) is 2.54. The normalized spacial score (nSPS) is 10.7. The van der Waals surface area contributed by atoms with Crippen LogP contribution in [0.4, 0.5) is 0 Å². The number of aromatic nitrogens is 1. The first-order valence-electron chi connectivity index (χ1n) is 6.04. The van der Waals surface area contributed by atoms with Crippen LogP contribution < -0.4 is 10.5 Å². The van der Waals surface area contributed by atoms with Crippen LogP contribution in [0.1, 0.15) is 23.1 Å². The zero-order chi connectivity index (χ0) is 13.1. The molecule has 0 atom stereocenters. The minimum atomic E-state index is 0.486. The van der Waals surface area contributed by atoms with Gasteiger partial charge in [0.2, 0.25) is 0 Å². The van der Waals surface area contributed by atoms with E-state index in [0.717, 1.165) is 22.0 Å². The van der Waals surface area contributed by atoms with Crippen molar-refractivity contribution in [2.24, 2.45) is 5.73 Å². The van der Waals surface area contributed by atoms with E-state index in [-0.39, 0.29) is 0 Å². The molecule has 1 heterocycles. The SMILES string of the molecule is CCOc1cc(C)c(C)cc1-c1csc(CN)n1. The molecule has 0 aliphatic carbocycles. The van der Waals surface area contributed by atoms with Crippen molar-refractivity contribution >= 4 is 11.3 Å². The molecule has 0 aliphatic heterocycles. The van der Waals surface area contributed by atoms with Gasteiger partial charge in [0.15, 0.2) is 0 Å². The lowest BCUT2D eigenvalue weighted by Gasteiger charge is -2.11. The molecule has 3 nitrogen and oxygen atoms in total. The van der Waals surface area contributed by atoms with Gasteiger partial charge >= 0.3 is 0 Å². The molecule has 0 saturated carbocycles. The zero-order valence-corrected chi connectivity index (χ0v) is 11.8. The van der Waals surface area contributed by atoms with Crippen molar-refractivity contribution in [1.82, 2.24) is 4.98 Å². The summed E-state index contributed by atoms with van der Waals surface area (Å²) >= 11 is 1.59. The quantitative estimate of drug-likeness (QED) is 0.919. The van der Waals surface area contributed by atoms with Crippen LogP contribution in [-0.2, 0) is 6.54 Å². The highest BCUT2D eigenvalue weighted by molar-refractivity contribution is 7.09. The number of rotatable bonds is 4. The fourth-order valence-electron chi connectivity index (χ4n) is 1.79. The lowest BCUT2D eigenvalue weighted by Crippen LogP contribution is -1.98. The van der Waals surface area contributed by atoms with Gasteiger partial charge in [-0.3, -0.25) is 0 Å². The molecule has 0 spiro atoms. The van der Waals surface area contributed by atoms with E-state index in [2.05, 4.69) is 31.0 Å². The standard InChI is InChI=1S/C14H18N2OS/c1-4-17-13-6-10(3)9(2)5-11(13)12-8-18-14(7-15)16-12/h5-6,8H,4,7,15H2,1-3H3. The number of thiazole rings is 1. The first-order chi connectivity index (χ1) is 8.65. The van der Waals surface area contributed by atoms with Gasteiger partial charge in [-0.15, -0.1) is 11.3 Å². The van der Waals surface area contributed by atoms with Crippen molar-refractivity contribution in [3.63, 3.8) is 0 Å². The Morgan fingerprint density at radius 2 is 2.00 bits per heavy atom. The summed E-state index contributed by atoms with van der Waals surface area (Å²) in [7, 11) is 0. The van der Waals surface area contributed by atoms with Crippen LogP contribution in [0.25, 0.3) is 11.3 Å². The number of hydrogen-bond acceptors (Lipinski definition) is 4. The third-order valence-electron chi connectivity index (χ3n) is 2.90. The summed E-state index contributed by atoms with van der Waals surface area (Å²) in [6.45, 7) is 7.33. The average Bonchev–Trinajstić information content (AvgIpc) is 2.82. The van der Waals surface area contributed by atoms with Gasteiger partial charge in [0.25, 0.3) is 0 Å². The van der Waals surface area contributed by atoms with Gasteiger partial charge in [-0.25, -0.2) is 4.98 Å². The van der Waals surface area contributed by atoms with E-state index in [4.69, 9.17) is 10.5 Å². The molecule has 18 heavy (non-hydrogen) atoms. The molecule has 0 unspecified atom stereocenters. The molecule has 0 bridgehead atoms. The van der Waals surface area contributed by atoms with Gasteiger partial charge in [-0.2, -0.15) is 0 Å². The van der Waals surface area contributed by atoms with Crippen LogP contribution in [0.15, 0.2) is 17.5 Å². The number of benzene rings is 1. The molecule has 0 amide bonds. The molecule has 0 saturated heterocycles. The number of nitrogens with two attached hydrogens (primary N) is 1. The van der Waals surface area contributed by atoms with Crippen molar-refractivity contribution in [1.29, 1.82) is 0 Å². The fourth-order valence-corrected chi connectivity index (χ4v) is 2.47. The van der Waals surface area contributed by atoms with Gasteiger partial charge in [-0.1, -0.05) is 0 Å². The third-order valence-corrected chi connectivity index (χ3v) is 3.77. The van der Waals surface area contributed by atoms with Crippen LogP contribution in [0.5, 0.6) is 5.75 Å². The Balaban J connectivity index is 2.50. The summed E-state index contributed by atoms with van der Waals surface area (Å²) in [5.74, 6) is 0.898. The zero-order valence-electron chi connectivity index (χ0n) is 11.0. The smallest absolute Gasteiger partial charge is 0.128 e. The highest BCUT2D eigenvalue weighted by Crippen LogP contribution is 2.33. The van der Waals surface area contributed by atoms with Crippen molar-refractivity contribution in [2.75, 3.05) is 6.61 Å². The van der Waals surface area contributed by atoms with Gasteiger partial charge in [-0.05, 0) is 44.0 Å². The minimum Gasteiger partial charge on any atom is -0.493 e. The highest BCUT2D eigenvalue weighted by Gasteiger charge is 2.11. The van der Waals surface area contributed by atoms with Crippen LogP contribution >= 0.6 is 11.3 Å². The summed E-state index contributed by atoms with van der Waals surface area (Å²) in [6, 6.07) is 4.21. The Kier molecular flexibility index (Phi) is 3.99. The Morgan fingerprint density at radius 3 is 2.61 bits per heavy atom. The summed E-state index contributed by atoms with van der Waals surface area (Å²) in [5.41, 5.74) is 10.1. The maximum atomic E-state index is 5.70. The molecular weight excluding hydrogens is 244 g/mol. The molecule has 0 aliphatic rings. The van der Waals surface area contributed by atoms with Gasteiger partial charge in [0, 0.05) is 17.5 Å². The lowest BCUT2D eigenvalue weighted by molar-refractivity contribution is 0.341. The Hall–Kier alpha value is -1.39. The van der Waals surface area contributed by atoms with Crippen molar-refractivity contribution in [3.05, 3.63) is 33.6 Å². The van der Waals surface area contributed by atoms with E-state index >= 15 is 0 Å². The summed E-state index contributed by atoms with van der Waals surface area (Å²) < 4.78 is 5.70. The second kappa shape index (κ2) is 5.50. The van der Waals surface area contributed by atoms with E-state index in [9.17, 15) is 0 Å². The van der Waals surface area contributed by atoms with E-state index in [1.165, 1.54) is 11.1 Å². The summed E-state index contributed by atoms with van der Waals surface area (Å²) in [6.07, 6.45) is 0. The number of ether oxygens (including phenoxy) is 1. The fraction of sp³-hybridized carbons (Fsp3) is 0.357. The van der Waals surface area contributed by atoms with Gasteiger partial charge < -0.3 is 10.5 Å².